The highest BCUT2D eigenvalue weighted by atomic mass is 19.4. The molecule has 0 atom stereocenters. The molecular formula is C30H30F3N5O2. The number of amides is 1. The van der Waals surface area contributed by atoms with Crippen molar-refractivity contribution in [2.75, 3.05) is 42.9 Å². The van der Waals surface area contributed by atoms with E-state index in [2.05, 4.69) is 27.0 Å². The fourth-order valence-electron chi connectivity index (χ4n) is 5.06. The van der Waals surface area contributed by atoms with Crippen LogP contribution in [0.4, 0.5) is 24.5 Å². The molecule has 1 aliphatic rings. The number of hydrogen-bond donors (Lipinski definition) is 1. The number of rotatable bonds is 5. The number of hydrogen-bond acceptors (Lipinski definition) is 5. The molecule has 0 spiro atoms. The van der Waals surface area contributed by atoms with Gasteiger partial charge in [-0.25, -0.2) is 4.98 Å². The van der Waals surface area contributed by atoms with E-state index in [-0.39, 0.29) is 11.1 Å². The average Bonchev–Trinajstić information content (AvgIpc) is 2.94. The maximum atomic E-state index is 13.8. The molecule has 1 amide bonds. The monoisotopic (exact) mass is 549 g/mol. The van der Waals surface area contributed by atoms with Crippen molar-refractivity contribution < 1.29 is 18.0 Å². The van der Waals surface area contributed by atoms with Gasteiger partial charge in [-0.05, 0) is 74.5 Å². The molecule has 208 valence electrons. The van der Waals surface area contributed by atoms with Gasteiger partial charge in [-0.3, -0.25) is 14.2 Å². The van der Waals surface area contributed by atoms with E-state index in [1.165, 1.54) is 16.7 Å². The molecule has 0 bridgehead atoms. The van der Waals surface area contributed by atoms with Crippen molar-refractivity contribution in [2.45, 2.75) is 26.9 Å². The number of nitrogens with one attached hydrogen (secondary N) is 1. The number of benzene rings is 3. The van der Waals surface area contributed by atoms with E-state index in [9.17, 15) is 22.8 Å². The number of likely N-dealkylation sites (N-methyl/N-ethyl adjacent to an activating group) is 1. The number of piperazine rings is 1. The Morgan fingerprint density at radius 2 is 1.73 bits per heavy atom. The summed E-state index contributed by atoms with van der Waals surface area (Å²) < 4.78 is 40.9. The predicted octanol–water partition coefficient (Wildman–Crippen LogP) is 5.42. The number of aryl methyl sites for hydroxylation is 2. The third-order valence-corrected chi connectivity index (χ3v) is 7.36. The largest absolute Gasteiger partial charge is 0.416 e. The standard InChI is InChI=1S/C30H30F3N5O2/c1-4-36-12-14-37(15-13-36)24-10-11-26-25(18-24)29(40)38(20(3)34-26)27-17-23(9-8-19(27)2)35-28(39)21-6-5-7-22(16-21)30(31,32)33/h5-11,16-18H,4,12-15H2,1-3H3,(H,35,39). The first-order chi connectivity index (χ1) is 19.0. The van der Waals surface area contributed by atoms with Crippen LogP contribution in [0, 0.1) is 13.8 Å². The van der Waals surface area contributed by atoms with Crippen molar-refractivity contribution in [3.8, 4) is 5.69 Å². The molecule has 4 aromatic rings. The third-order valence-electron chi connectivity index (χ3n) is 7.36. The summed E-state index contributed by atoms with van der Waals surface area (Å²) in [7, 11) is 0. The quantitative estimate of drug-likeness (QED) is 0.360. The Kier molecular flexibility index (Phi) is 7.37. The van der Waals surface area contributed by atoms with Gasteiger partial charge in [0, 0.05) is 43.1 Å². The van der Waals surface area contributed by atoms with Crippen LogP contribution in [-0.2, 0) is 6.18 Å². The number of aromatic nitrogens is 2. The lowest BCUT2D eigenvalue weighted by atomic mass is 10.1. The lowest BCUT2D eigenvalue weighted by Gasteiger charge is -2.35. The van der Waals surface area contributed by atoms with Crippen molar-refractivity contribution in [1.29, 1.82) is 0 Å². The first-order valence-electron chi connectivity index (χ1n) is 13.2. The SMILES string of the molecule is CCN1CCN(c2ccc3nc(C)n(-c4cc(NC(=O)c5cccc(C(F)(F)F)c5)ccc4C)c(=O)c3c2)CC1. The summed E-state index contributed by atoms with van der Waals surface area (Å²) in [6.45, 7) is 10.4. The second-order valence-electron chi connectivity index (χ2n) is 9.96. The van der Waals surface area contributed by atoms with Gasteiger partial charge in [0.25, 0.3) is 11.5 Å². The first kappa shape index (κ1) is 27.4. The molecular weight excluding hydrogens is 519 g/mol. The van der Waals surface area contributed by atoms with E-state index < -0.39 is 17.6 Å². The molecule has 1 saturated heterocycles. The van der Waals surface area contributed by atoms with Gasteiger partial charge in [-0.1, -0.05) is 19.1 Å². The average molecular weight is 550 g/mol. The van der Waals surface area contributed by atoms with Crippen LogP contribution in [0.2, 0.25) is 0 Å². The van der Waals surface area contributed by atoms with Crippen molar-refractivity contribution in [3.63, 3.8) is 0 Å². The minimum Gasteiger partial charge on any atom is -0.369 e. The van der Waals surface area contributed by atoms with Gasteiger partial charge >= 0.3 is 6.18 Å². The van der Waals surface area contributed by atoms with Crippen LogP contribution >= 0.6 is 0 Å². The van der Waals surface area contributed by atoms with E-state index in [1.54, 1.807) is 25.1 Å². The molecule has 7 nitrogen and oxygen atoms in total. The van der Waals surface area contributed by atoms with Crippen molar-refractivity contribution in [2.24, 2.45) is 0 Å². The number of halogens is 3. The van der Waals surface area contributed by atoms with E-state index >= 15 is 0 Å². The van der Waals surface area contributed by atoms with Crippen LogP contribution < -0.4 is 15.8 Å². The minimum atomic E-state index is -4.56. The summed E-state index contributed by atoms with van der Waals surface area (Å²) in [4.78, 5) is 36.0. The van der Waals surface area contributed by atoms with Crippen LogP contribution in [0.1, 0.15) is 34.2 Å². The zero-order chi connectivity index (χ0) is 28.6. The molecule has 10 heteroatoms. The topological polar surface area (TPSA) is 70.5 Å². The van der Waals surface area contributed by atoms with E-state index in [0.29, 0.717) is 28.1 Å². The molecule has 1 N–H and O–H groups in total. The Bertz CT molecular complexity index is 1640. The number of carbonyl (C=O) groups excluding carboxylic acids is 1. The number of anilines is 2. The Labute approximate surface area is 229 Å². The Hall–Kier alpha value is -4.18. The predicted molar refractivity (Wildman–Crippen MR) is 151 cm³/mol. The number of carbonyl (C=O) groups is 1. The van der Waals surface area contributed by atoms with E-state index in [4.69, 9.17) is 0 Å². The summed E-state index contributed by atoms with van der Waals surface area (Å²) in [5.41, 5.74) is 1.96. The maximum Gasteiger partial charge on any atom is 0.416 e. The van der Waals surface area contributed by atoms with Gasteiger partial charge in [-0.2, -0.15) is 13.2 Å². The molecule has 0 saturated carbocycles. The lowest BCUT2D eigenvalue weighted by Crippen LogP contribution is -2.46. The number of nitrogens with zero attached hydrogens (tertiary/aromatic N) is 4. The summed E-state index contributed by atoms with van der Waals surface area (Å²) in [6.07, 6.45) is -4.56. The molecule has 1 aliphatic heterocycles. The zero-order valence-corrected chi connectivity index (χ0v) is 22.5. The Balaban J connectivity index is 1.48. The van der Waals surface area contributed by atoms with E-state index in [1.807, 2.05) is 25.1 Å². The second kappa shape index (κ2) is 10.8. The lowest BCUT2D eigenvalue weighted by molar-refractivity contribution is -0.137. The molecule has 1 fully saturated rings. The van der Waals surface area contributed by atoms with Crippen LogP contribution in [0.3, 0.4) is 0 Å². The van der Waals surface area contributed by atoms with Gasteiger partial charge in [-0.15, -0.1) is 0 Å². The molecule has 5 rings (SSSR count). The van der Waals surface area contributed by atoms with Crippen LogP contribution in [0.25, 0.3) is 16.6 Å². The summed E-state index contributed by atoms with van der Waals surface area (Å²) >= 11 is 0. The minimum absolute atomic E-state index is 0.120. The summed E-state index contributed by atoms with van der Waals surface area (Å²) in [5, 5.41) is 3.14. The highest BCUT2D eigenvalue weighted by Crippen LogP contribution is 2.30. The number of alkyl halides is 3. The Morgan fingerprint density at radius 3 is 2.42 bits per heavy atom. The highest BCUT2D eigenvalue weighted by Gasteiger charge is 2.31. The van der Waals surface area contributed by atoms with Gasteiger partial charge in [0.15, 0.2) is 0 Å². The molecule has 0 radical (unpaired) electrons. The van der Waals surface area contributed by atoms with Gasteiger partial charge < -0.3 is 15.1 Å². The summed E-state index contributed by atoms with van der Waals surface area (Å²) in [6, 6.07) is 15.0. The normalized spacial score (nSPS) is 14.5. The Morgan fingerprint density at radius 1 is 0.975 bits per heavy atom. The third kappa shape index (κ3) is 5.44. The van der Waals surface area contributed by atoms with Crippen molar-refractivity contribution in [3.05, 3.63) is 93.5 Å². The molecule has 0 unspecified atom stereocenters. The van der Waals surface area contributed by atoms with Crippen LogP contribution in [0.5, 0.6) is 0 Å². The molecule has 40 heavy (non-hydrogen) atoms. The van der Waals surface area contributed by atoms with Gasteiger partial charge in [0.1, 0.15) is 5.82 Å². The molecule has 1 aromatic heterocycles. The fraction of sp³-hybridized carbons (Fsp3) is 0.300. The van der Waals surface area contributed by atoms with Gasteiger partial charge in [0.2, 0.25) is 0 Å². The highest BCUT2D eigenvalue weighted by molar-refractivity contribution is 6.04. The second-order valence-corrected chi connectivity index (χ2v) is 9.96. The van der Waals surface area contributed by atoms with E-state index in [0.717, 1.165) is 56.1 Å². The smallest absolute Gasteiger partial charge is 0.369 e. The zero-order valence-electron chi connectivity index (χ0n) is 22.5. The van der Waals surface area contributed by atoms with Crippen LogP contribution in [-0.4, -0.2) is 53.1 Å². The van der Waals surface area contributed by atoms with Crippen LogP contribution in [0.15, 0.2) is 65.5 Å². The molecule has 2 heterocycles. The summed E-state index contributed by atoms with van der Waals surface area (Å²) in [5.74, 6) is -0.208. The maximum absolute atomic E-state index is 13.8. The molecule has 3 aromatic carbocycles. The molecule has 0 aliphatic carbocycles. The van der Waals surface area contributed by atoms with Crippen molar-refractivity contribution in [1.82, 2.24) is 14.5 Å². The van der Waals surface area contributed by atoms with Gasteiger partial charge in [0.05, 0.1) is 22.2 Å². The first-order valence-corrected chi connectivity index (χ1v) is 13.2. The fourth-order valence-corrected chi connectivity index (χ4v) is 5.06. The number of fused-ring (bicyclic) bond motifs is 1. The van der Waals surface area contributed by atoms with Crippen molar-refractivity contribution >= 4 is 28.2 Å².